The third-order valence-electron chi connectivity index (χ3n) is 3.84. The van der Waals surface area contributed by atoms with Gasteiger partial charge in [-0.25, -0.2) is 4.39 Å². The molecular weight excluding hydrogens is 309 g/mol. The van der Waals surface area contributed by atoms with E-state index in [1.165, 1.54) is 12.1 Å². The average molecular weight is 331 g/mol. The largest absolute Gasteiger partial charge is 0.474 e. The summed E-state index contributed by atoms with van der Waals surface area (Å²) in [5.41, 5.74) is 2.95. The van der Waals surface area contributed by atoms with Crippen LogP contribution in [-0.2, 0) is 11.2 Å². The molecule has 6 heteroatoms. The van der Waals surface area contributed by atoms with Gasteiger partial charge in [-0.1, -0.05) is 12.1 Å². The first kappa shape index (κ1) is 16.5. The Morgan fingerprint density at radius 1 is 1.38 bits per heavy atom. The summed E-state index contributed by atoms with van der Waals surface area (Å²) in [6.45, 7) is 3.90. The van der Waals surface area contributed by atoms with Crippen LogP contribution < -0.4 is 15.4 Å². The van der Waals surface area contributed by atoms with Gasteiger partial charge in [-0.2, -0.15) is 4.98 Å². The summed E-state index contributed by atoms with van der Waals surface area (Å²) < 4.78 is 23.9. The number of ether oxygens (including phenoxy) is 2. The second kappa shape index (κ2) is 7.49. The summed E-state index contributed by atoms with van der Waals surface area (Å²) in [7, 11) is 1.66. The van der Waals surface area contributed by atoms with Crippen molar-refractivity contribution in [3.05, 3.63) is 47.3 Å². The summed E-state index contributed by atoms with van der Waals surface area (Å²) in [6, 6.07) is 8.83. The monoisotopic (exact) mass is 331 g/mol. The highest BCUT2D eigenvalue weighted by Gasteiger charge is 2.19. The third-order valence-corrected chi connectivity index (χ3v) is 3.84. The van der Waals surface area contributed by atoms with Crippen molar-refractivity contribution in [3.8, 4) is 5.88 Å². The quantitative estimate of drug-likeness (QED) is 0.797. The molecule has 1 aromatic carbocycles. The number of anilines is 2. The lowest BCUT2D eigenvalue weighted by Gasteiger charge is -2.25. The van der Waals surface area contributed by atoms with Gasteiger partial charge in [-0.15, -0.1) is 0 Å². The van der Waals surface area contributed by atoms with E-state index in [2.05, 4.69) is 28.6 Å². The van der Waals surface area contributed by atoms with Crippen molar-refractivity contribution in [1.82, 2.24) is 4.98 Å². The highest BCUT2D eigenvalue weighted by Crippen LogP contribution is 2.32. The van der Waals surface area contributed by atoms with Crippen LogP contribution in [0, 0.1) is 5.82 Å². The van der Waals surface area contributed by atoms with Gasteiger partial charge >= 0.3 is 0 Å². The summed E-state index contributed by atoms with van der Waals surface area (Å²) in [6.07, 6.45) is 0.659. The maximum atomic E-state index is 13.1. The number of nitrogens with one attached hydrogen (secondary N) is 2. The Morgan fingerprint density at radius 3 is 2.92 bits per heavy atom. The van der Waals surface area contributed by atoms with Crippen molar-refractivity contribution in [2.75, 3.05) is 37.5 Å². The van der Waals surface area contributed by atoms with E-state index in [4.69, 9.17) is 9.47 Å². The summed E-state index contributed by atoms with van der Waals surface area (Å²) >= 11 is 0. The molecule has 0 fully saturated rings. The molecule has 5 nitrogen and oxygen atoms in total. The van der Waals surface area contributed by atoms with Gasteiger partial charge in [0.25, 0.3) is 0 Å². The topological polar surface area (TPSA) is 55.4 Å². The molecule has 0 radical (unpaired) electrons. The molecule has 1 aliphatic rings. The van der Waals surface area contributed by atoms with E-state index in [9.17, 15) is 4.39 Å². The first-order chi connectivity index (χ1) is 11.7. The van der Waals surface area contributed by atoms with Gasteiger partial charge in [0.1, 0.15) is 18.2 Å². The van der Waals surface area contributed by atoms with Crippen LogP contribution in [0.1, 0.15) is 18.1 Å². The number of rotatable bonds is 6. The van der Waals surface area contributed by atoms with Gasteiger partial charge in [-0.05, 0) is 30.7 Å². The van der Waals surface area contributed by atoms with Crippen molar-refractivity contribution in [1.29, 1.82) is 0 Å². The van der Waals surface area contributed by atoms with Gasteiger partial charge in [0, 0.05) is 25.6 Å². The number of halogens is 1. The molecule has 0 saturated heterocycles. The van der Waals surface area contributed by atoms with Crippen LogP contribution in [0.5, 0.6) is 5.88 Å². The Morgan fingerprint density at radius 2 is 2.17 bits per heavy atom. The lowest BCUT2D eigenvalue weighted by molar-refractivity contribution is 0.210. The third kappa shape index (κ3) is 3.94. The van der Waals surface area contributed by atoms with Crippen LogP contribution in [0.2, 0.25) is 0 Å². The van der Waals surface area contributed by atoms with Crippen LogP contribution in [0.4, 0.5) is 15.9 Å². The number of pyridine rings is 1. The van der Waals surface area contributed by atoms with Crippen molar-refractivity contribution >= 4 is 11.5 Å². The minimum atomic E-state index is -0.232. The Hall–Kier alpha value is -2.34. The number of aromatic nitrogens is 1. The molecule has 1 aromatic heterocycles. The molecule has 0 bridgehead atoms. The van der Waals surface area contributed by atoms with E-state index in [-0.39, 0.29) is 11.9 Å². The zero-order valence-electron chi connectivity index (χ0n) is 13.9. The lowest BCUT2D eigenvalue weighted by atomic mass is 10.0. The standard InChI is InChI=1S/C18H22FN3O2/c1-12-11-24-18-16(21-12)10-14(17(22-18)20-7-8-23-2)9-13-3-5-15(19)6-4-13/h3-6,10,12,21H,7-9,11H2,1-2H3,(H,20,22). The molecule has 2 heterocycles. The van der Waals surface area contributed by atoms with Gasteiger partial charge in [0.05, 0.1) is 18.3 Å². The molecule has 1 atom stereocenters. The van der Waals surface area contributed by atoms with Gasteiger partial charge < -0.3 is 20.1 Å². The Kier molecular flexibility index (Phi) is 5.15. The first-order valence-corrected chi connectivity index (χ1v) is 8.06. The Balaban J connectivity index is 1.88. The highest BCUT2D eigenvalue weighted by atomic mass is 19.1. The molecule has 24 heavy (non-hydrogen) atoms. The van der Waals surface area contributed by atoms with Gasteiger partial charge in [0.15, 0.2) is 0 Å². The fourth-order valence-electron chi connectivity index (χ4n) is 2.64. The summed E-state index contributed by atoms with van der Waals surface area (Å²) in [5.74, 6) is 1.15. The van der Waals surface area contributed by atoms with Crippen molar-refractivity contribution in [3.63, 3.8) is 0 Å². The van der Waals surface area contributed by atoms with Crippen LogP contribution in [-0.4, -0.2) is 37.9 Å². The number of methoxy groups -OCH3 is 1. The van der Waals surface area contributed by atoms with E-state index in [0.29, 0.717) is 32.1 Å². The molecule has 2 aromatic rings. The number of benzene rings is 1. The molecule has 0 aliphatic carbocycles. The fourth-order valence-corrected chi connectivity index (χ4v) is 2.64. The molecule has 1 unspecified atom stereocenters. The maximum Gasteiger partial charge on any atom is 0.239 e. The van der Waals surface area contributed by atoms with E-state index in [0.717, 1.165) is 22.6 Å². The second-order valence-electron chi connectivity index (χ2n) is 5.93. The second-order valence-corrected chi connectivity index (χ2v) is 5.93. The molecule has 2 N–H and O–H groups in total. The minimum absolute atomic E-state index is 0.232. The fraction of sp³-hybridized carbons (Fsp3) is 0.389. The number of hydrogen-bond acceptors (Lipinski definition) is 5. The predicted octanol–water partition coefficient (Wildman–Crippen LogP) is 3.06. The highest BCUT2D eigenvalue weighted by molar-refractivity contribution is 5.63. The molecule has 1 aliphatic heterocycles. The molecular formula is C18H22FN3O2. The van der Waals surface area contributed by atoms with E-state index >= 15 is 0 Å². The first-order valence-electron chi connectivity index (χ1n) is 8.06. The minimum Gasteiger partial charge on any atom is -0.474 e. The normalized spacial score (nSPS) is 16.0. The van der Waals surface area contributed by atoms with E-state index in [1.54, 1.807) is 19.2 Å². The van der Waals surface area contributed by atoms with Crippen molar-refractivity contribution in [2.45, 2.75) is 19.4 Å². The number of hydrogen-bond donors (Lipinski definition) is 2. The van der Waals surface area contributed by atoms with Crippen LogP contribution in [0.25, 0.3) is 0 Å². The molecule has 3 rings (SSSR count). The van der Waals surface area contributed by atoms with Gasteiger partial charge in [-0.3, -0.25) is 0 Å². The van der Waals surface area contributed by atoms with Gasteiger partial charge in [0.2, 0.25) is 5.88 Å². The molecule has 128 valence electrons. The Labute approximate surface area is 141 Å². The summed E-state index contributed by atoms with van der Waals surface area (Å²) in [5, 5.41) is 6.68. The smallest absolute Gasteiger partial charge is 0.239 e. The maximum absolute atomic E-state index is 13.1. The van der Waals surface area contributed by atoms with Crippen molar-refractivity contribution in [2.24, 2.45) is 0 Å². The Bertz CT molecular complexity index is 691. The van der Waals surface area contributed by atoms with Crippen molar-refractivity contribution < 1.29 is 13.9 Å². The van der Waals surface area contributed by atoms with Crippen LogP contribution in [0.3, 0.4) is 0 Å². The van der Waals surface area contributed by atoms with E-state index in [1.807, 2.05) is 0 Å². The zero-order valence-corrected chi connectivity index (χ0v) is 13.9. The molecule has 0 spiro atoms. The SMILES string of the molecule is COCCNc1nc2c(cc1Cc1ccc(F)cc1)NC(C)CO2. The van der Waals surface area contributed by atoms with Crippen LogP contribution >= 0.6 is 0 Å². The number of nitrogens with zero attached hydrogens (tertiary/aromatic N) is 1. The van der Waals surface area contributed by atoms with Crippen LogP contribution in [0.15, 0.2) is 30.3 Å². The molecule has 0 amide bonds. The number of fused-ring (bicyclic) bond motifs is 1. The predicted molar refractivity (Wildman–Crippen MR) is 92.4 cm³/mol. The lowest BCUT2D eigenvalue weighted by Crippen LogP contribution is -2.29. The van der Waals surface area contributed by atoms with E-state index < -0.39 is 0 Å². The molecule has 0 saturated carbocycles. The summed E-state index contributed by atoms with van der Waals surface area (Å²) in [4.78, 5) is 4.61. The zero-order chi connectivity index (χ0) is 16.9. The average Bonchev–Trinajstić information content (AvgIpc) is 2.57.